The molecule has 0 heterocycles. The lowest BCUT2D eigenvalue weighted by molar-refractivity contribution is 0.259. The molecule has 0 aromatic rings. The first-order chi connectivity index (χ1) is 66.7. The first-order valence-corrected chi connectivity index (χ1v) is 66.0. The zero-order valence-corrected chi connectivity index (χ0v) is 108. The maximum absolute atomic E-state index is 2.42. The molecule has 0 radical (unpaired) electrons. The lowest BCUT2D eigenvalue weighted by Gasteiger charge is -2.26. The van der Waals surface area contributed by atoms with E-state index in [-0.39, 0.29) is 0 Å². The summed E-state index contributed by atoms with van der Waals surface area (Å²) in [6.07, 6.45) is 136. The van der Waals surface area contributed by atoms with Gasteiger partial charge in [0.2, 0.25) is 0 Å². The van der Waals surface area contributed by atoms with Gasteiger partial charge in [-0.05, 0) is 150 Å². The van der Waals surface area contributed by atoms with Gasteiger partial charge >= 0.3 is 0 Å². The van der Waals surface area contributed by atoms with Gasteiger partial charge in [0.05, 0.1) is 0 Å². The minimum Gasteiger partial charge on any atom is -0.0882 e. The highest BCUT2D eigenvalue weighted by Gasteiger charge is 2.22. The van der Waals surface area contributed by atoms with Gasteiger partial charge in [0.15, 0.2) is 0 Å². The largest absolute Gasteiger partial charge is 0.0882 e. The van der Waals surface area contributed by atoms with Gasteiger partial charge in [0, 0.05) is 0 Å². The predicted molar refractivity (Wildman–Crippen MR) is 667 cm³/mol. The van der Waals surface area contributed by atoms with Gasteiger partial charge in [-0.3, -0.25) is 0 Å². The van der Waals surface area contributed by atoms with Crippen LogP contribution in [-0.2, 0) is 0 Å². The van der Waals surface area contributed by atoms with E-state index in [4.69, 9.17) is 0 Å². The van der Waals surface area contributed by atoms with Crippen molar-refractivity contribution in [3.63, 3.8) is 0 Å². The summed E-state index contributed by atoms with van der Waals surface area (Å²) in [4.78, 5) is 0. The Morgan fingerprint density at radius 1 is 0.121 bits per heavy atom. The molecule has 0 amide bonds. The molecule has 0 aliphatic rings. The van der Waals surface area contributed by atoms with Crippen LogP contribution in [0.1, 0.15) is 821 Å². The van der Waals surface area contributed by atoms with E-state index < -0.39 is 0 Å². The summed E-state index contributed by atoms with van der Waals surface area (Å²) >= 11 is 0. The molecule has 0 spiro atoms. The van der Waals surface area contributed by atoms with Gasteiger partial charge in [0.1, 0.15) is 0 Å². The average Bonchev–Trinajstić information content (AvgIpc) is 0.935. The molecule has 0 rings (SSSR count). The summed E-state index contributed by atoms with van der Waals surface area (Å²) in [5, 5.41) is 0. The number of hydrogen-bond donors (Lipinski definition) is 0. The van der Waals surface area contributed by atoms with Crippen molar-refractivity contribution in [3.05, 3.63) is 24.3 Å². The van der Waals surface area contributed by atoms with Crippen molar-refractivity contribution in [2.24, 2.45) is 67.0 Å². The molecule has 0 aromatic heterocycles. The second-order valence-corrected chi connectivity index (χ2v) is 56.3. The highest BCUT2D eigenvalue weighted by molar-refractivity contribution is 4.93. The monoisotopic (exact) mass is 1990 g/mol. The smallest absolute Gasteiger partial charge is 0.0169 e. The fourth-order valence-electron chi connectivity index (χ4n) is 20.2. The zero-order chi connectivity index (χ0) is 108. The minimum absolute atomic E-state index is 0.509. The highest BCUT2D eigenvalue weighted by Crippen LogP contribution is 2.36. The summed E-state index contributed by atoms with van der Waals surface area (Å²) < 4.78 is 0. The Hall–Kier alpha value is -0.520. The molecular weight excluding hydrogens is 1690 g/mol. The maximum atomic E-state index is 2.42. The van der Waals surface area contributed by atoms with E-state index in [9.17, 15) is 0 Å². The van der Waals surface area contributed by atoms with E-state index >= 15 is 0 Å². The number of hydrogen-bond acceptors (Lipinski definition) is 0. The zero-order valence-electron chi connectivity index (χ0n) is 108. The standard InChI is InChI=1S/3C22H46.C22H42.C20H42.C13H28.C11H24.C9H20/c1-6-8-10-13-17-21(18-14-11-9-7-2)19-15-12-16-20-22(3,4)5;1-6-8-10-12-14-17-21(18-15-13-11-9-7-2)19-16-20-22(3,4)5;1-6-8-10-12-14-16-18-21(20-22(3,4)5)19-17-15-13-11-9-7-2;1-5-6-7-8-9-10-11-12-13-14-15-16-17-18-19-20-21-22(2,3)4;1-6-8-10-12-14-16-19(18-20(3,4)5)17-15-13-11-9-7-2;1-5-6-7-8-9-10-11-12-13(2,3)4;1-5-6-7-8-9-10-11(2,3)4;1-5-6-7-8-9(2,3)4/h3*21H,6-20H2,1-5H3;9-10,12-13H,5-8,11,14-21H2,1-4H3;19H,6-18H2,1-5H3;5-12H2,1-4H3;5-10H2,1-4H3;5-8H2,1-4H3/b;;;10-9-,13-12-;;;;. The molecular formula is C141H294. The molecule has 0 aromatic carbocycles. The molecule has 141 heavy (non-hydrogen) atoms. The van der Waals surface area contributed by atoms with Gasteiger partial charge in [-0.25, -0.2) is 0 Å². The minimum atomic E-state index is 0.509. The van der Waals surface area contributed by atoms with Crippen LogP contribution in [0.4, 0.5) is 0 Å². The number of unbranched alkanes of at least 4 members (excludes halogenated alkanes) is 55. The van der Waals surface area contributed by atoms with E-state index in [1.807, 2.05) is 0 Å². The van der Waals surface area contributed by atoms with Crippen LogP contribution in [0.5, 0.6) is 0 Å². The van der Waals surface area contributed by atoms with E-state index in [0.29, 0.717) is 43.3 Å². The van der Waals surface area contributed by atoms with Gasteiger partial charge < -0.3 is 0 Å². The van der Waals surface area contributed by atoms with Crippen LogP contribution in [0.2, 0.25) is 0 Å². The van der Waals surface area contributed by atoms with Crippen molar-refractivity contribution >= 4 is 0 Å². The molecule has 0 atom stereocenters. The number of rotatable bonds is 87. The Morgan fingerprint density at radius 2 is 0.248 bits per heavy atom. The Morgan fingerprint density at radius 3 is 0.447 bits per heavy atom. The van der Waals surface area contributed by atoms with Gasteiger partial charge in [-0.2, -0.15) is 0 Å². The normalized spacial score (nSPS) is 12.3. The fraction of sp³-hybridized carbons (Fsp3) is 0.972. The quantitative estimate of drug-likeness (QED) is 0.0421. The fourth-order valence-corrected chi connectivity index (χ4v) is 20.2. The summed E-state index contributed by atoms with van der Waals surface area (Å²) in [6, 6.07) is 0. The van der Waals surface area contributed by atoms with Crippen molar-refractivity contribution < 1.29 is 0 Å². The molecule has 0 bridgehead atoms. The summed E-state index contributed by atoms with van der Waals surface area (Å²) in [5.41, 5.74) is 4.24. The Kier molecular flexibility index (Phi) is 127. The van der Waals surface area contributed by atoms with Crippen LogP contribution in [-0.4, -0.2) is 0 Å². The van der Waals surface area contributed by atoms with Crippen LogP contribution in [0.3, 0.4) is 0 Å². The van der Waals surface area contributed by atoms with Gasteiger partial charge in [-0.1, -0.05) is 762 Å². The van der Waals surface area contributed by atoms with E-state index in [1.165, 1.54) is 565 Å². The average molecular weight is 1990 g/mol. The molecule has 0 N–H and O–H groups in total. The van der Waals surface area contributed by atoms with Crippen molar-refractivity contribution in [1.29, 1.82) is 0 Å². The molecule has 0 aliphatic carbocycles. The molecule has 0 saturated heterocycles. The van der Waals surface area contributed by atoms with Crippen molar-refractivity contribution in [1.82, 2.24) is 0 Å². The third kappa shape index (κ3) is 170. The van der Waals surface area contributed by atoms with E-state index in [2.05, 4.69) is 274 Å². The van der Waals surface area contributed by atoms with Crippen molar-refractivity contribution in [2.75, 3.05) is 0 Å². The highest BCUT2D eigenvalue weighted by atomic mass is 14.3. The predicted octanol–water partition coefficient (Wildman–Crippen LogP) is 54.8. The number of allylic oxidation sites excluding steroid dienone is 4. The molecule has 0 unspecified atom stereocenters. The van der Waals surface area contributed by atoms with Gasteiger partial charge in [0.25, 0.3) is 0 Å². The van der Waals surface area contributed by atoms with E-state index in [0.717, 1.165) is 30.1 Å². The van der Waals surface area contributed by atoms with Crippen LogP contribution in [0.25, 0.3) is 0 Å². The van der Waals surface area contributed by atoms with Crippen LogP contribution >= 0.6 is 0 Å². The maximum Gasteiger partial charge on any atom is -0.0169 e. The first kappa shape index (κ1) is 156. The Balaban J connectivity index is -0.000000243. The molecule has 858 valence electrons. The second-order valence-electron chi connectivity index (χ2n) is 56.3. The first-order valence-electron chi connectivity index (χ1n) is 66.0. The molecule has 0 heteroatoms. The van der Waals surface area contributed by atoms with Crippen LogP contribution in [0, 0.1) is 67.0 Å². The third-order valence-corrected chi connectivity index (χ3v) is 29.3. The molecule has 0 fully saturated rings. The third-order valence-electron chi connectivity index (χ3n) is 29.3. The summed E-state index contributed by atoms with van der Waals surface area (Å²) in [7, 11) is 0. The summed E-state index contributed by atoms with van der Waals surface area (Å²) in [5.74, 6) is 4.02. The molecule has 0 aliphatic heterocycles. The molecule has 0 saturated carbocycles. The lowest BCUT2D eigenvalue weighted by Crippen LogP contribution is -2.13. The van der Waals surface area contributed by atoms with Crippen molar-refractivity contribution in [3.8, 4) is 0 Å². The summed E-state index contributed by atoms with van der Waals surface area (Å²) in [6.45, 7) is 84.3. The SMILES string of the molecule is CCCCC/C=C\C/C=C\CCCCCCCCC(C)(C)C.CCCCCC(C)(C)C.CCCCCCC(CCCCCC)CCCCCC(C)(C)C.CCCCCCCC(C)(C)C.CCCCCCCC(CCCCCCC)CC(C)(C)C.CCCCCCCC(CCCCCCC)CCCC(C)(C)C.CCCCCCCCC(CCCCCCCC)CC(C)(C)C.CCCCCCCCCC(C)(C)C. The van der Waals surface area contributed by atoms with Gasteiger partial charge in [-0.15, -0.1) is 0 Å². The topological polar surface area (TPSA) is 0 Å². The Labute approximate surface area is 905 Å². The van der Waals surface area contributed by atoms with Crippen molar-refractivity contribution in [2.45, 2.75) is 821 Å². The Bertz CT molecular complexity index is 2190. The lowest BCUT2D eigenvalue weighted by atomic mass is 9.80. The van der Waals surface area contributed by atoms with E-state index in [1.54, 1.807) is 0 Å². The van der Waals surface area contributed by atoms with Crippen LogP contribution in [0.15, 0.2) is 24.3 Å². The molecule has 0 nitrogen and oxygen atoms in total. The second kappa shape index (κ2) is 115. The van der Waals surface area contributed by atoms with Crippen LogP contribution < -0.4 is 0 Å².